The van der Waals surface area contributed by atoms with E-state index in [1.54, 1.807) is 13.8 Å². The Balaban J connectivity index is 3.03. The molecule has 0 spiro atoms. The van der Waals surface area contributed by atoms with Crippen molar-refractivity contribution in [2.75, 3.05) is 13.6 Å². The van der Waals surface area contributed by atoms with Gasteiger partial charge in [-0.25, -0.2) is 8.42 Å². The van der Waals surface area contributed by atoms with Crippen LogP contribution in [0.5, 0.6) is 0 Å². The fourth-order valence-corrected chi connectivity index (χ4v) is 2.92. The Morgan fingerprint density at radius 3 is 2.16 bits per heavy atom. The second kappa shape index (κ2) is 5.24. The van der Waals surface area contributed by atoms with E-state index in [2.05, 4.69) is 0 Å². The first-order valence-corrected chi connectivity index (χ1v) is 6.98. The molecule has 0 atom stereocenters. The second-order valence-electron chi connectivity index (χ2n) is 5.00. The Morgan fingerprint density at radius 2 is 1.79 bits per heavy atom. The van der Waals surface area contributed by atoms with Crippen molar-refractivity contribution in [1.82, 2.24) is 4.31 Å². The van der Waals surface area contributed by atoms with Crippen molar-refractivity contribution in [2.45, 2.75) is 24.3 Å². The lowest BCUT2D eigenvalue weighted by molar-refractivity contribution is -0.384. The molecule has 0 aliphatic rings. The molecule has 2 N–H and O–H groups in total. The minimum absolute atomic E-state index is 0.00449. The summed E-state index contributed by atoms with van der Waals surface area (Å²) in [5.41, 5.74) is 4.96. The zero-order valence-corrected chi connectivity index (χ0v) is 11.8. The predicted octanol–water partition coefficient (Wildman–Crippen LogP) is 0.953. The molecule has 0 unspecified atom stereocenters. The van der Waals surface area contributed by atoms with Crippen molar-refractivity contribution in [1.29, 1.82) is 0 Å². The number of benzene rings is 1. The first-order chi connectivity index (χ1) is 8.54. The minimum Gasteiger partial charge on any atom is -0.324 e. The molecule has 0 amide bonds. The van der Waals surface area contributed by atoms with Crippen LogP contribution in [0.4, 0.5) is 5.69 Å². The number of nitrogens with zero attached hydrogens (tertiary/aromatic N) is 2. The highest BCUT2D eigenvalue weighted by molar-refractivity contribution is 7.89. The molecule has 0 aromatic heterocycles. The van der Waals surface area contributed by atoms with Crippen molar-refractivity contribution in [3.8, 4) is 0 Å². The first kappa shape index (κ1) is 15.5. The van der Waals surface area contributed by atoms with Crippen molar-refractivity contribution >= 4 is 15.7 Å². The smallest absolute Gasteiger partial charge is 0.269 e. The lowest BCUT2D eigenvalue weighted by Crippen LogP contribution is -2.45. The molecule has 19 heavy (non-hydrogen) atoms. The lowest BCUT2D eigenvalue weighted by Gasteiger charge is -2.25. The van der Waals surface area contributed by atoms with Gasteiger partial charge in [0, 0.05) is 31.3 Å². The fourth-order valence-electron chi connectivity index (χ4n) is 1.58. The molecule has 0 aliphatic heterocycles. The van der Waals surface area contributed by atoms with Crippen molar-refractivity contribution in [3.05, 3.63) is 34.4 Å². The molecule has 1 aromatic carbocycles. The SMILES string of the molecule is CN(CC(C)(C)N)S(=O)(=O)c1ccc([N+](=O)[O-])cc1. The van der Waals surface area contributed by atoms with Gasteiger partial charge in [0.25, 0.3) is 5.69 Å². The molecule has 1 aromatic rings. The molecule has 0 radical (unpaired) electrons. The van der Waals surface area contributed by atoms with Gasteiger partial charge in [0.1, 0.15) is 0 Å². The van der Waals surface area contributed by atoms with E-state index in [0.717, 1.165) is 16.4 Å². The molecular formula is C11H17N3O4S. The van der Waals surface area contributed by atoms with Crippen LogP contribution in [0.2, 0.25) is 0 Å². The fraction of sp³-hybridized carbons (Fsp3) is 0.455. The Hall–Kier alpha value is -1.51. The van der Waals surface area contributed by atoms with Crippen LogP contribution in [0.15, 0.2) is 29.2 Å². The maximum atomic E-state index is 12.2. The summed E-state index contributed by atoms with van der Waals surface area (Å²) in [6.45, 7) is 3.58. The van der Waals surface area contributed by atoms with Crippen molar-refractivity contribution in [3.63, 3.8) is 0 Å². The van der Waals surface area contributed by atoms with Gasteiger partial charge in [-0.2, -0.15) is 4.31 Å². The Kier molecular flexibility index (Phi) is 4.28. The van der Waals surface area contributed by atoms with E-state index < -0.39 is 20.5 Å². The van der Waals surface area contributed by atoms with Gasteiger partial charge in [0.15, 0.2) is 0 Å². The number of rotatable bonds is 5. The topological polar surface area (TPSA) is 107 Å². The molecule has 0 aliphatic carbocycles. The maximum absolute atomic E-state index is 12.2. The van der Waals surface area contributed by atoms with Crippen LogP contribution >= 0.6 is 0 Å². The van der Waals surface area contributed by atoms with E-state index in [9.17, 15) is 18.5 Å². The van der Waals surface area contributed by atoms with Gasteiger partial charge in [-0.05, 0) is 26.0 Å². The van der Waals surface area contributed by atoms with Crippen LogP contribution in [0.1, 0.15) is 13.8 Å². The van der Waals surface area contributed by atoms with E-state index >= 15 is 0 Å². The van der Waals surface area contributed by atoms with Crippen LogP contribution in [-0.4, -0.2) is 36.8 Å². The molecule has 0 saturated heterocycles. The lowest BCUT2D eigenvalue weighted by atomic mass is 10.1. The summed E-state index contributed by atoms with van der Waals surface area (Å²) in [6.07, 6.45) is 0. The second-order valence-corrected chi connectivity index (χ2v) is 7.05. The number of hydrogen-bond acceptors (Lipinski definition) is 5. The highest BCUT2D eigenvalue weighted by Crippen LogP contribution is 2.19. The van der Waals surface area contributed by atoms with Crippen LogP contribution in [0.25, 0.3) is 0 Å². The number of nitrogens with two attached hydrogens (primary N) is 1. The molecule has 0 saturated carbocycles. The third-order valence-electron chi connectivity index (χ3n) is 2.39. The summed E-state index contributed by atoms with van der Waals surface area (Å²) in [4.78, 5) is 9.94. The van der Waals surface area contributed by atoms with E-state index in [-0.39, 0.29) is 17.1 Å². The summed E-state index contributed by atoms with van der Waals surface area (Å²) in [7, 11) is -2.26. The van der Waals surface area contributed by atoms with Crippen molar-refractivity contribution in [2.24, 2.45) is 5.73 Å². The van der Waals surface area contributed by atoms with Gasteiger partial charge in [-0.1, -0.05) is 0 Å². The zero-order chi connectivity index (χ0) is 14.8. The minimum atomic E-state index is -3.68. The van der Waals surface area contributed by atoms with Gasteiger partial charge < -0.3 is 5.73 Å². The Labute approximate surface area is 112 Å². The summed E-state index contributed by atoms with van der Waals surface area (Å²) in [5.74, 6) is 0. The molecule has 106 valence electrons. The monoisotopic (exact) mass is 287 g/mol. The average Bonchev–Trinajstić information content (AvgIpc) is 2.26. The number of hydrogen-bond donors (Lipinski definition) is 1. The van der Waals surface area contributed by atoms with Gasteiger partial charge in [-0.15, -0.1) is 0 Å². The summed E-state index contributed by atoms with van der Waals surface area (Å²) in [5, 5.41) is 10.5. The predicted molar refractivity (Wildman–Crippen MR) is 71.2 cm³/mol. The van der Waals surface area contributed by atoms with Gasteiger partial charge in [0.2, 0.25) is 10.0 Å². The first-order valence-electron chi connectivity index (χ1n) is 5.54. The van der Waals surface area contributed by atoms with E-state index in [0.29, 0.717) is 0 Å². The summed E-state index contributed by atoms with van der Waals surface area (Å²) in [6, 6.07) is 4.75. The molecule has 1 rings (SSSR count). The van der Waals surface area contributed by atoms with Gasteiger partial charge in [0.05, 0.1) is 9.82 Å². The third kappa shape index (κ3) is 3.98. The third-order valence-corrected chi connectivity index (χ3v) is 4.20. The summed E-state index contributed by atoms with van der Waals surface area (Å²) >= 11 is 0. The largest absolute Gasteiger partial charge is 0.324 e. The van der Waals surface area contributed by atoms with Crippen molar-refractivity contribution < 1.29 is 13.3 Å². The van der Waals surface area contributed by atoms with Crippen LogP contribution in [0, 0.1) is 10.1 Å². The van der Waals surface area contributed by atoms with Crippen LogP contribution in [0.3, 0.4) is 0 Å². The molecule has 7 nitrogen and oxygen atoms in total. The quantitative estimate of drug-likeness (QED) is 0.641. The molecule has 0 bridgehead atoms. The number of likely N-dealkylation sites (N-methyl/N-ethyl adjacent to an activating group) is 1. The maximum Gasteiger partial charge on any atom is 0.269 e. The highest BCUT2D eigenvalue weighted by atomic mass is 32.2. The standard InChI is InChI=1S/C11H17N3O4S/c1-11(2,12)8-13(3)19(17,18)10-6-4-9(5-7-10)14(15)16/h4-7H,8,12H2,1-3H3. The van der Waals surface area contributed by atoms with E-state index in [1.807, 2.05) is 0 Å². The molecule has 8 heteroatoms. The zero-order valence-electron chi connectivity index (χ0n) is 11.0. The molecule has 0 fully saturated rings. The summed E-state index contributed by atoms with van der Waals surface area (Å²) < 4.78 is 25.5. The number of sulfonamides is 1. The number of nitro benzene ring substituents is 1. The normalized spacial score (nSPS) is 12.7. The van der Waals surface area contributed by atoms with Gasteiger partial charge >= 0.3 is 0 Å². The number of non-ortho nitro benzene ring substituents is 1. The van der Waals surface area contributed by atoms with E-state index in [1.165, 1.54) is 19.2 Å². The Morgan fingerprint density at radius 1 is 1.32 bits per heavy atom. The van der Waals surface area contributed by atoms with Crippen LogP contribution in [-0.2, 0) is 10.0 Å². The number of nitro groups is 1. The van der Waals surface area contributed by atoms with Gasteiger partial charge in [-0.3, -0.25) is 10.1 Å². The average molecular weight is 287 g/mol. The Bertz CT molecular complexity index is 561. The molecule has 0 heterocycles. The van der Waals surface area contributed by atoms with Crippen LogP contribution < -0.4 is 5.73 Å². The highest BCUT2D eigenvalue weighted by Gasteiger charge is 2.25. The molecular weight excluding hydrogens is 270 g/mol. The van der Waals surface area contributed by atoms with E-state index in [4.69, 9.17) is 5.73 Å².